The Morgan fingerprint density at radius 1 is 1.08 bits per heavy atom. The highest BCUT2D eigenvalue weighted by molar-refractivity contribution is 6.30. The summed E-state index contributed by atoms with van der Waals surface area (Å²) in [5.41, 5.74) is 1.40. The third-order valence-corrected chi connectivity index (χ3v) is 3.85. The van der Waals surface area contributed by atoms with Gasteiger partial charge in [-0.25, -0.2) is 9.48 Å². The van der Waals surface area contributed by atoms with Gasteiger partial charge in [0.2, 0.25) is 0 Å². The van der Waals surface area contributed by atoms with E-state index in [0.717, 1.165) is 0 Å². The number of carbonyl (C=O) groups is 1. The Labute approximate surface area is 148 Å². The number of hydrogen-bond donors (Lipinski definition) is 1. The largest absolute Gasteiger partial charge is 0.493 e. The van der Waals surface area contributed by atoms with E-state index in [1.165, 1.54) is 18.9 Å². The van der Waals surface area contributed by atoms with Crippen LogP contribution in [0.5, 0.6) is 11.5 Å². The Morgan fingerprint density at radius 3 is 2.36 bits per heavy atom. The van der Waals surface area contributed by atoms with Crippen LogP contribution in [0.2, 0.25) is 5.02 Å². The SMILES string of the molecule is COc1ccc(-n2nnc(C(=O)O)c2-c2ccc(Cl)cc2)cc1OC. The molecule has 0 aliphatic heterocycles. The maximum absolute atomic E-state index is 11.5. The number of carboxylic acids is 1. The van der Waals surface area contributed by atoms with Gasteiger partial charge in [-0.05, 0) is 24.3 Å². The molecule has 1 heterocycles. The number of methoxy groups -OCH3 is 2. The lowest BCUT2D eigenvalue weighted by Gasteiger charge is -2.11. The van der Waals surface area contributed by atoms with Crippen molar-refractivity contribution in [2.75, 3.05) is 14.2 Å². The second-order valence-electron chi connectivity index (χ2n) is 5.05. The molecule has 1 N–H and O–H groups in total. The lowest BCUT2D eigenvalue weighted by atomic mass is 10.1. The number of ether oxygens (including phenoxy) is 2. The van der Waals surface area contributed by atoms with Crippen LogP contribution < -0.4 is 9.47 Å². The smallest absolute Gasteiger partial charge is 0.358 e. The molecule has 0 radical (unpaired) electrons. The molecule has 25 heavy (non-hydrogen) atoms. The summed E-state index contributed by atoms with van der Waals surface area (Å²) in [6.45, 7) is 0. The molecule has 0 aliphatic rings. The standard InChI is InChI=1S/C17H14ClN3O4/c1-24-13-8-7-12(9-14(13)25-2)21-16(15(17(22)23)19-20-21)10-3-5-11(18)6-4-10/h3-9H,1-2H3,(H,22,23). The van der Waals surface area contributed by atoms with Crippen LogP contribution in [0.25, 0.3) is 16.9 Å². The van der Waals surface area contributed by atoms with Crippen LogP contribution in [0, 0.1) is 0 Å². The topological polar surface area (TPSA) is 86.5 Å². The number of halogens is 1. The molecule has 3 rings (SSSR count). The molecule has 3 aromatic rings. The summed E-state index contributed by atoms with van der Waals surface area (Å²) in [5, 5.41) is 17.8. The van der Waals surface area contributed by atoms with E-state index in [1.54, 1.807) is 42.5 Å². The van der Waals surface area contributed by atoms with Crippen molar-refractivity contribution in [2.45, 2.75) is 0 Å². The summed E-state index contributed by atoms with van der Waals surface area (Å²) in [6.07, 6.45) is 0. The molecule has 0 saturated carbocycles. The maximum atomic E-state index is 11.5. The molecule has 0 spiro atoms. The van der Waals surface area contributed by atoms with Crippen molar-refractivity contribution < 1.29 is 19.4 Å². The van der Waals surface area contributed by atoms with Crippen molar-refractivity contribution in [1.82, 2.24) is 15.0 Å². The van der Waals surface area contributed by atoms with Gasteiger partial charge in [0.25, 0.3) is 0 Å². The summed E-state index contributed by atoms with van der Waals surface area (Å²) >= 11 is 5.92. The van der Waals surface area contributed by atoms with E-state index in [0.29, 0.717) is 33.5 Å². The van der Waals surface area contributed by atoms with Gasteiger partial charge < -0.3 is 14.6 Å². The second-order valence-corrected chi connectivity index (χ2v) is 5.49. The molecule has 0 fully saturated rings. The van der Waals surface area contributed by atoms with E-state index >= 15 is 0 Å². The van der Waals surface area contributed by atoms with Crippen molar-refractivity contribution >= 4 is 17.6 Å². The monoisotopic (exact) mass is 359 g/mol. The van der Waals surface area contributed by atoms with Crippen LogP contribution >= 0.6 is 11.6 Å². The van der Waals surface area contributed by atoms with Gasteiger partial charge in [0, 0.05) is 16.7 Å². The van der Waals surface area contributed by atoms with Gasteiger partial charge in [0.15, 0.2) is 17.2 Å². The van der Waals surface area contributed by atoms with Crippen molar-refractivity contribution in [2.24, 2.45) is 0 Å². The van der Waals surface area contributed by atoms with Gasteiger partial charge in [-0.2, -0.15) is 0 Å². The number of nitrogens with zero attached hydrogens (tertiary/aromatic N) is 3. The number of aromatic carboxylic acids is 1. The van der Waals surface area contributed by atoms with Crippen LogP contribution in [-0.4, -0.2) is 40.3 Å². The predicted octanol–water partition coefficient (Wildman–Crippen LogP) is 3.30. The van der Waals surface area contributed by atoms with E-state index in [1.807, 2.05) is 0 Å². The maximum Gasteiger partial charge on any atom is 0.358 e. The highest BCUT2D eigenvalue weighted by Gasteiger charge is 2.22. The molecule has 0 unspecified atom stereocenters. The Hall–Kier alpha value is -3.06. The average Bonchev–Trinajstić information content (AvgIpc) is 3.07. The number of rotatable bonds is 5. The molecule has 8 heteroatoms. The predicted molar refractivity (Wildman–Crippen MR) is 91.9 cm³/mol. The van der Waals surface area contributed by atoms with E-state index in [9.17, 15) is 9.90 Å². The van der Waals surface area contributed by atoms with Gasteiger partial charge in [-0.3, -0.25) is 0 Å². The molecule has 0 atom stereocenters. The second kappa shape index (κ2) is 6.82. The lowest BCUT2D eigenvalue weighted by molar-refractivity contribution is 0.0691. The summed E-state index contributed by atoms with van der Waals surface area (Å²) in [6, 6.07) is 11.9. The quantitative estimate of drug-likeness (QED) is 0.752. The van der Waals surface area contributed by atoms with E-state index in [-0.39, 0.29) is 5.69 Å². The molecule has 128 valence electrons. The van der Waals surface area contributed by atoms with Gasteiger partial charge in [0.1, 0.15) is 5.69 Å². The average molecular weight is 360 g/mol. The first-order valence-corrected chi connectivity index (χ1v) is 7.60. The molecular weight excluding hydrogens is 346 g/mol. The van der Waals surface area contributed by atoms with Crippen molar-refractivity contribution in [3.05, 3.63) is 53.2 Å². The van der Waals surface area contributed by atoms with Crippen LogP contribution in [0.1, 0.15) is 10.5 Å². The normalized spacial score (nSPS) is 10.5. The molecule has 1 aromatic heterocycles. The summed E-state index contributed by atoms with van der Waals surface area (Å²) in [7, 11) is 3.06. The number of aromatic nitrogens is 3. The minimum Gasteiger partial charge on any atom is -0.493 e. The van der Waals surface area contributed by atoms with Crippen LogP contribution in [0.3, 0.4) is 0 Å². The first-order chi connectivity index (χ1) is 12.0. The molecule has 0 aliphatic carbocycles. The zero-order chi connectivity index (χ0) is 18.0. The Kier molecular flexibility index (Phi) is 4.58. The lowest BCUT2D eigenvalue weighted by Crippen LogP contribution is -2.03. The minimum absolute atomic E-state index is 0.155. The van der Waals surface area contributed by atoms with Crippen molar-refractivity contribution in [3.63, 3.8) is 0 Å². The molecule has 2 aromatic carbocycles. The van der Waals surface area contributed by atoms with Crippen molar-refractivity contribution in [3.8, 4) is 28.4 Å². The van der Waals surface area contributed by atoms with Gasteiger partial charge in [-0.1, -0.05) is 28.9 Å². The first kappa shape index (κ1) is 16.8. The van der Waals surface area contributed by atoms with E-state index < -0.39 is 5.97 Å². The molecule has 0 bridgehead atoms. The molecule has 0 saturated heterocycles. The van der Waals surface area contributed by atoms with Crippen LogP contribution in [0.4, 0.5) is 0 Å². The third-order valence-electron chi connectivity index (χ3n) is 3.60. The third kappa shape index (κ3) is 3.14. The van der Waals surface area contributed by atoms with E-state index in [2.05, 4.69) is 10.3 Å². The van der Waals surface area contributed by atoms with E-state index in [4.69, 9.17) is 21.1 Å². The van der Waals surface area contributed by atoms with Crippen LogP contribution in [0.15, 0.2) is 42.5 Å². The fourth-order valence-corrected chi connectivity index (χ4v) is 2.56. The molecule has 7 nitrogen and oxygen atoms in total. The Bertz CT molecular complexity index is 922. The summed E-state index contributed by atoms with van der Waals surface area (Å²) in [4.78, 5) is 11.5. The molecule has 0 amide bonds. The van der Waals surface area contributed by atoms with Crippen molar-refractivity contribution in [1.29, 1.82) is 0 Å². The zero-order valence-corrected chi connectivity index (χ0v) is 14.2. The minimum atomic E-state index is -1.17. The highest BCUT2D eigenvalue weighted by atomic mass is 35.5. The number of benzene rings is 2. The Balaban J connectivity index is 2.20. The zero-order valence-electron chi connectivity index (χ0n) is 13.4. The molecular formula is C17H14ClN3O4. The first-order valence-electron chi connectivity index (χ1n) is 7.22. The Morgan fingerprint density at radius 2 is 1.76 bits per heavy atom. The van der Waals surface area contributed by atoms with Gasteiger partial charge >= 0.3 is 5.97 Å². The fraction of sp³-hybridized carbons (Fsp3) is 0.118. The number of carboxylic acid groups (broad SMARTS) is 1. The van der Waals surface area contributed by atoms with Gasteiger partial charge in [-0.15, -0.1) is 5.10 Å². The summed E-state index contributed by atoms with van der Waals surface area (Å²) in [5.74, 6) is -0.121. The highest BCUT2D eigenvalue weighted by Crippen LogP contribution is 2.32. The fourth-order valence-electron chi connectivity index (χ4n) is 2.43. The van der Waals surface area contributed by atoms with Gasteiger partial charge in [0.05, 0.1) is 19.9 Å². The summed E-state index contributed by atoms with van der Waals surface area (Å²) < 4.78 is 12.0. The number of hydrogen-bond acceptors (Lipinski definition) is 5. The van der Waals surface area contributed by atoms with Crippen LogP contribution in [-0.2, 0) is 0 Å².